The SMILES string of the molecule is O.[Al+3].[O-][Br+2]([O-])[O-].[O-][Br+2]([O-])[O-].[O-][Br+2]([O-])[O-]. The molecule has 0 aliphatic rings. The summed E-state index contributed by atoms with van der Waals surface area (Å²) in [6, 6.07) is 0. The van der Waals surface area contributed by atoms with Gasteiger partial charge in [0.15, 0.2) is 0 Å². The van der Waals surface area contributed by atoms with Crippen molar-refractivity contribution in [2.45, 2.75) is 0 Å². The fourth-order valence-electron chi connectivity index (χ4n) is 0. The second-order valence-electron chi connectivity index (χ2n) is 0.567. The fraction of sp³-hybridized carbons (Fsp3) is 0. The molecule has 0 rings (SSSR count). The molecular weight excluding hydrogens is 427 g/mol. The van der Waals surface area contributed by atoms with Gasteiger partial charge in [-0.2, -0.15) is 0 Å². The van der Waals surface area contributed by atoms with Crippen LogP contribution in [0.2, 0.25) is 0 Å². The average Bonchev–Trinajstić information content (AvgIpc) is 1.54. The maximum Gasteiger partial charge on any atom is 3.00 e. The molecule has 0 aromatic rings. The van der Waals surface area contributed by atoms with E-state index in [1.807, 2.05) is 0 Å². The van der Waals surface area contributed by atoms with Crippen LogP contribution >= 0.6 is 0 Å². The van der Waals surface area contributed by atoms with Crippen LogP contribution in [-0.4, -0.2) is 22.8 Å². The Hall–Kier alpha value is 1.57. The van der Waals surface area contributed by atoms with Crippen molar-refractivity contribution in [3.05, 3.63) is 0 Å². The molecule has 0 amide bonds. The van der Waals surface area contributed by atoms with Crippen LogP contribution in [0.25, 0.3) is 0 Å². The molecule has 10 nitrogen and oxygen atoms in total. The van der Waals surface area contributed by atoms with Gasteiger partial charge in [0.1, 0.15) is 0 Å². The molecule has 0 heterocycles. The number of hydrogen-bond donors (Lipinski definition) is 0. The van der Waals surface area contributed by atoms with E-state index >= 15 is 0 Å². The first-order valence-electron chi connectivity index (χ1n) is 1.39. The van der Waals surface area contributed by atoms with Gasteiger partial charge in [-0.15, -0.1) is 0 Å². The molecule has 86 valence electrons. The summed E-state index contributed by atoms with van der Waals surface area (Å²) in [5.41, 5.74) is 0. The van der Waals surface area contributed by atoms with Gasteiger partial charge in [0.05, 0.1) is 0 Å². The topological polar surface area (TPSA) is 239 Å². The zero-order valence-electron chi connectivity index (χ0n) is 5.89. The maximum atomic E-state index is 8.52. The Balaban J connectivity index is -0.0000000270. The molecule has 0 fully saturated rings. The second kappa shape index (κ2) is 24.0. The zero-order valence-corrected chi connectivity index (χ0v) is 11.8. The van der Waals surface area contributed by atoms with E-state index < -0.39 is 44.4 Å². The van der Waals surface area contributed by atoms with Crippen molar-refractivity contribution in [1.29, 1.82) is 0 Å². The van der Waals surface area contributed by atoms with Crippen molar-refractivity contribution >= 4 is 17.4 Å². The molecule has 0 aromatic carbocycles. The molecule has 0 saturated heterocycles. The third-order valence-corrected chi connectivity index (χ3v) is 0. The average molecular weight is 429 g/mol. The minimum absolute atomic E-state index is 0. The molecule has 14 heavy (non-hydrogen) atoms. The molecule has 0 atom stereocenters. The van der Waals surface area contributed by atoms with Crippen molar-refractivity contribution in [2.75, 3.05) is 0 Å². The van der Waals surface area contributed by atoms with Gasteiger partial charge in [-0.05, 0) is 0 Å². The Morgan fingerprint density at radius 3 is 0.429 bits per heavy atom. The van der Waals surface area contributed by atoms with Crippen molar-refractivity contribution in [2.24, 2.45) is 0 Å². The monoisotopic (exact) mass is 426 g/mol. The first-order valence-corrected chi connectivity index (χ1v) is 7.22. The number of rotatable bonds is 0. The molecule has 0 aliphatic heterocycles. The summed E-state index contributed by atoms with van der Waals surface area (Å²) < 4.78 is 76.7. The van der Waals surface area contributed by atoms with Gasteiger partial charge in [0.2, 0.25) is 44.4 Å². The first-order chi connectivity index (χ1) is 5.20. The van der Waals surface area contributed by atoms with Crippen LogP contribution in [0.1, 0.15) is 0 Å². The van der Waals surface area contributed by atoms with E-state index in [1.165, 1.54) is 0 Å². The van der Waals surface area contributed by atoms with Crippen molar-refractivity contribution < 1.29 is 87.7 Å². The summed E-state index contributed by atoms with van der Waals surface area (Å²) in [6.45, 7) is 0. The molecule has 14 heteroatoms. The van der Waals surface area contributed by atoms with E-state index in [1.54, 1.807) is 0 Å². The van der Waals surface area contributed by atoms with Crippen LogP contribution in [0.5, 0.6) is 0 Å². The molecular formula is H2AlBr3O10. The van der Waals surface area contributed by atoms with Gasteiger partial charge in [-0.1, -0.05) is 0 Å². The zero-order chi connectivity index (χ0) is 10.7. The van der Waals surface area contributed by atoms with Crippen LogP contribution in [0.15, 0.2) is 0 Å². The van der Waals surface area contributed by atoms with E-state index in [4.69, 9.17) is 37.8 Å². The third-order valence-electron chi connectivity index (χ3n) is 0. The van der Waals surface area contributed by atoms with Crippen molar-refractivity contribution in [1.82, 2.24) is 0 Å². The molecule has 0 unspecified atom stereocenters. The summed E-state index contributed by atoms with van der Waals surface area (Å²) in [4.78, 5) is 0. The van der Waals surface area contributed by atoms with E-state index in [9.17, 15) is 0 Å². The minimum atomic E-state index is -3.65. The molecule has 0 aromatic heterocycles. The summed E-state index contributed by atoms with van der Waals surface area (Å²) >= 11 is -10.9. The predicted octanol–water partition coefficient (Wildman–Crippen LogP) is -11.9. The summed E-state index contributed by atoms with van der Waals surface area (Å²) in [5, 5.41) is 0. The maximum absolute atomic E-state index is 8.52. The predicted molar refractivity (Wildman–Crippen MR) is 9.37 cm³/mol. The summed E-state index contributed by atoms with van der Waals surface area (Å²) in [6.07, 6.45) is 0. The van der Waals surface area contributed by atoms with Crippen molar-refractivity contribution in [3.63, 3.8) is 0 Å². The third kappa shape index (κ3) is 868. The molecule has 0 aliphatic carbocycles. The molecule has 0 radical (unpaired) electrons. The van der Waals surface area contributed by atoms with Crippen molar-refractivity contribution in [3.8, 4) is 0 Å². The van der Waals surface area contributed by atoms with Crippen LogP contribution in [0, 0.1) is 44.4 Å². The molecule has 0 bridgehead atoms. The normalized spacial score (nSPS) is 7.71. The van der Waals surface area contributed by atoms with E-state index in [0.717, 1.165) is 0 Å². The Bertz CT molecular complexity index is 43.9. The smallest absolute Gasteiger partial charge is 0.412 e. The quantitative estimate of drug-likeness (QED) is 0.332. The molecule has 2 N–H and O–H groups in total. The largest absolute Gasteiger partial charge is 3.00 e. The Labute approximate surface area is 105 Å². The van der Waals surface area contributed by atoms with Crippen LogP contribution < -0.4 is 37.8 Å². The van der Waals surface area contributed by atoms with Gasteiger partial charge in [-0.3, -0.25) is 0 Å². The first kappa shape index (κ1) is 29.6. The Morgan fingerprint density at radius 1 is 0.429 bits per heavy atom. The number of halogens is 3. The van der Waals surface area contributed by atoms with Gasteiger partial charge < -0.3 is 43.3 Å². The van der Waals surface area contributed by atoms with Gasteiger partial charge in [-0.25, -0.2) is 0 Å². The van der Waals surface area contributed by atoms with E-state index in [2.05, 4.69) is 0 Å². The van der Waals surface area contributed by atoms with Crippen LogP contribution in [0.4, 0.5) is 0 Å². The molecule has 0 spiro atoms. The molecule has 0 saturated carbocycles. The van der Waals surface area contributed by atoms with Gasteiger partial charge in [0, 0.05) is 0 Å². The van der Waals surface area contributed by atoms with Gasteiger partial charge in [0.25, 0.3) is 0 Å². The standard InChI is InChI=1S/Al.3BrO3.H2O/c;3*2-1(3)4;/h;;;;1H2/q+3;3*-1;. The number of hydrogen-bond acceptors (Lipinski definition) is 9. The van der Waals surface area contributed by atoms with Gasteiger partial charge >= 0.3 is 17.4 Å². The second-order valence-corrected chi connectivity index (χ2v) is 2.95. The fourth-order valence-corrected chi connectivity index (χ4v) is 0. The minimum Gasteiger partial charge on any atom is -0.412 e. The van der Waals surface area contributed by atoms with Crippen LogP contribution in [-0.2, 0) is 0 Å². The van der Waals surface area contributed by atoms with Crippen LogP contribution in [0.3, 0.4) is 0 Å². The Morgan fingerprint density at radius 2 is 0.429 bits per heavy atom. The Kier molecular flexibility index (Phi) is 50.8. The van der Waals surface area contributed by atoms with E-state index in [-0.39, 0.29) is 22.8 Å². The van der Waals surface area contributed by atoms with E-state index in [0.29, 0.717) is 0 Å². The summed E-state index contributed by atoms with van der Waals surface area (Å²) in [5.74, 6) is 0. The summed E-state index contributed by atoms with van der Waals surface area (Å²) in [7, 11) is 0.